The van der Waals surface area contributed by atoms with Gasteiger partial charge in [0.05, 0.1) is 11.7 Å². The third kappa shape index (κ3) is 2.79. The highest BCUT2D eigenvalue weighted by Gasteiger charge is 2.13. The van der Waals surface area contributed by atoms with Gasteiger partial charge in [0.1, 0.15) is 5.76 Å². The highest BCUT2D eigenvalue weighted by molar-refractivity contribution is 5.81. The molecule has 0 radical (unpaired) electrons. The van der Waals surface area contributed by atoms with E-state index in [1.165, 1.54) is 0 Å². The number of likely N-dealkylation sites (N-methyl/N-ethyl adjacent to an activating group) is 1. The first kappa shape index (κ1) is 11.7. The van der Waals surface area contributed by atoms with Crippen LogP contribution in [0.15, 0.2) is 4.52 Å². The second-order valence-corrected chi connectivity index (χ2v) is 3.53. The molecule has 0 aliphatic rings. The third-order valence-corrected chi connectivity index (χ3v) is 2.45. The molecule has 1 aromatic heterocycles. The Morgan fingerprint density at radius 2 is 2.20 bits per heavy atom. The average Bonchev–Trinajstić information content (AvgIpc) is 2.54. The lowest BCUT2D eigenvalue weighted by atomic mass is 10.2. The van der Waals surface area contributed by atoms with Crippen molar-refractivity contribution in [3.8, 4) is 0 Å². The van der Waals surface area contributed by atoms with Gasteiger partial charge in [0.15, 0.2) is 0 Å². The number of carbonyl (C=O) groups excluding carboxylic acids is 1. The fourth-order valence-electron chi connectivity index (χ4n) is 1.21. The van der Waals surface area contributed by atoms with E-state index < -0.39 is 0 Å². The molecular formula is C10H17N3O2. The first-order chi connectivity index (χ1) is 7.06. The minimum atomic E-state index is -0.189. The van der Waals surface area contributed by atoms with Crippen molar-refractivity contribution >= 4 is 5.91 Å². The first-order valence-corrected chi connectivity index (χ1v) is 4.93. The van der Waals surface area contributed by atoms with E-state index in [-0.39, 0.29) is 11.9 Å². The van der Waals surface area contributed by atoms with Gasteiger partial charge in [-0.15, -0.1) is 0 Å². The Labute approximate surface area is 89.2 Å². The van der Waals surface area contributed by atoms with Crippen LogP contribution < -0.4 is 10.6 Å². The largest absolute Gasteiger partial charge is 0.361 e. The maximum absolute atomic E-state index is 11.5. The van der Waals surface area contributed by atoms with Crippen molar-refractivity contribution in [1.82, 2.24) is 15.8 Å². The Balaban J connectivity index is 2.54. The van der Waals surface area contributed by atoms with E-state index in [9.17, 15) is 4.79 Å². The molecule has 1 amide bonds. The van der Waals surface area contributed by atoms with Crippen LogP contribution in [0.5, 0.6) is 0 Å². The number of nitrogens with zero attached hydrogens (tertiary/aromatic N) is 1. The van der Waals surface area contributed by atoms with E-state index in [4.69, 9.17) is 4.52 Å². The smallest absolute Gasteiger partial charge is 0.237 e. The molecule has 0 fully saturated rings. The molecule has 1 aromatic rings. The molecule has 0 spiro atoms. The van der Waals surface area contributed by atoms with E-state index in [2.05, 4.69) is 15.8 Å². The summed E-state index contributed by atoms with van der Waals surface area (Å²) in [5.41, 5.74) is 1.77. The van der Waals surface area contributed by atoms with E-state index in [0.717, 1.165) is 17.0 Å². The lowest BCUT2D eigenvalue weighted by Gasteiger charge is -2.10. The summed E-state index contributed by atoms with van der Waals surface area (Å²) in [5.74, 6) is 0.724. The maximum Gasteiger partial charge on any atom is 0.237 e. The Bertz CT molecular complexity index is 327. The molecule has 84 valence electrons. The van der Waals surface area contributed by atoms with Gasteiger partial charge < -0.3 is 15.2 Å². The van der Waals surface area contributed by atoms with E-state index in [1.54, 1.807) is 7.05 Å². The predicted molar refractivity (Wildman–Crippen MR) is 56.3 cm³/mol. The standard InChI is InChI=1S/C10H17N3O2/c1-6-9(8(3)15-13-6)5-12-10(14)7(2)11-4/h7,11H,5H2,1-4H3,(H,12,14). The molecule has 0 bridgehead atoms. The number of aromatic nitrogens is 1. The van der Waals surface area contributed by atoms with Gasteiger partial charge in [0.25, 0.3) is 0 Å². The van der Waals surface area contributed by atoms with Crippen molar-refractivity contribution in [3.63, 3.8) is 0 Å². The fraction of sp³-hybridized carbons (Fsp3) is 0.600. The van der Waals surface area contributed by atoms with E-state index >= 15 is 0 Å². The predicted octanol–water partition coefficient (Wildman–Crippen LogP) is 0.516. The van der Waals surface area contributed by atoms with Crippen LogP contribution in [-0.4, -0.2) is 24.2 Å². The number of rotatable bonds is 4. The van der Waals surface area contributed by atoms with Gasteiger partial charge in [-0.05, 0) is 27.8 Å². The summed E-state index contributed by atoms with van der Waals surface area (Å²) in [5, 5.41) is 9.51. The van der Waals surface area contributed by atoms with Crippen LogP contribution in [0, 0.1) is 13.8 Å². The van der Waals surface area contributed by atoms with Crippen molar-refractivity contribution in [2.24, 2.45) is 0 Å². The van der Waals surface area contributed by atoms with Gasteiger partial charge in [0, 0.05) is 12.1 Å². The van der Waals surface area contributed by atoms with Gasteiger partial charge in [0.2, 0.25) is 5.91 Å². The van der Waals surface area contributed by atoms with Crippen LogP contribution in [0.2, 0.25) is 0 Å². The Morgan fingerprint density at radius 3 is 2.67 bits per heavy atom. The van der Waals surface area contributed by atoms with Crippen LogP contribution in [0.25, 0.3) is 0 Å². The molecule has 2 N–H and O–H groups in total. The molecule has 0 saturated heterocycles. The highest BCUT2D eigenvalue weighted by atomic mass is 16.5. The van der Waals surface area contributed by atoms with Crippen molar-refractivity contribution in [2.45, 2.75) is 33.4 Å². The van der Waals surface area contributed by atoms with Crippen molar-refractivity contribution in [3.05, 3.63) is 17.0 Å². The Hall–Kier alpha value is -1.36. The molecule has 0 saturated carbocycles. The van der Waals surface area contributed by atoms with Crippen LogP contribution in [0.4, 0.5) is 0 Å². The molecule has 5 heteroatoms. The highest BCUT2D eigenvalue weighted by Crippen LogP contribution is 2.11. The van der Waals surface area contributed by atoms with Crippen LogP contribution >= 0.6 is 0 Å². The lowest BCUT2D eigenvalue weighted by molar-refractivity contribution is -0.122. The Morgan fingerprint density at radius 1 is 1.53 bits per heavy atom. The van der Waals surface area contributed by atoms with E-state index in [0.29, 0.717) is 6.54 Å². The number of carbonyl (C=O) groups is 1. The van der Waals surface area contributed by atoms with Crippen LogP contribution in [0.1, 0.15) is 23.9 Å². The van der Waals surface area contributed by atoms with Gasteiger partial charge in [-0.2, -0.15) is 0 Å². The SMILES string of the molecule is CNC(C)C(=O)NCc1c(C)noc1C. The topological polar surface area (TPSA) is 67.2 Å². The summed E-state index contributed by atoms with van der Waals surface area (Å²) in [7, 11) is 1.75. The monoisotopic (exact) mass is 211 g/mol. The normalized spacial score (nSPS) is 12.5. The molecule has 1 rings (SSSR count). The maximum atomic E-state index is 11.5. The van der Waals surface area contributed by atoms with Gasteiger partial charge in [-0.1, -0.05) is 5.16 Å². The average molecular weight is 211 g/mol. The molecule has 0 aromatic carbocycles. The third-order valence-electron chi connectivity index (χ3n) is 2.45. The summed E-state index contributed by atoms with van der Waals surface area (Å²) in [6.45, 7) is 5.97. The zero-order valence-corrected chi connectivity index (χ0v) is 9.55. The van der Waals surface area contributed by atoms with Gasteiger partial charge in [-0.3, -0.25) is 4.79 Å². The van der Waals surface area contributed by atoms with E-state index in [1.807, 2.05) is 20.8 Å². The number of nitrogens with one attached hydrogen (secondary N) is 2. The van der Waals surface area contributed by atoms with Crippen molar-refractivity contribution < 1.29 is 9.32 Å². The number of amides is 1. The second kappa shape index (κ2) is 4.93. The zero-order valence-electron chi connectivity index (χ0n) is 9.55. The minimum Gasteiger partial charge on any atom is -0.361 e. The van der Waals surface area contributed by atoms with Crippen LogP contribution in [0.3, 0.4) is 0 Å². The molecular weight excluding hydrogens is 194 g/mol. The zero-order chi connectivity index (χ0) is 11.4. The molecule has 5 nitrogen and oxygen atoms in total. The number of hydrogen-bond acceptors (Lipinski definition) is 4. The Kier molecular flexibility index (Phi) is 3.85. The summed E-state index contributed by atoms with van der Waals surface area (Å²) in [6.07, 6.45) is 0. The molecule has 0 aliphatic carbocycles. The first-order valence-electron chi connectivity index (χ1n) is 4.93. The molecule has 15 heavy (non-hydrogen) atoms. The second-order valence-electron chi connectivity index (χ2n) is 3.53. The summed E-state index contributed by atoms with van der Waals surface area (Å²) >= 11 is 0. The van der Waals surface area contributed by atoms with Crippen molar-refractivity contribution in [2.75, 3.05) is 7.05 Å². The molecule has 1 heterocycles. The molecule has 1 atom stereocenters. The quantitative estimate of drug-likeness (QED) is 0.761. The molecule has 0 aliphatic heterocycles. The minimum absolute atomic E-state index is 0.0301. The fourth-order valence-corrected chi connectivity index (χ4v) is 1.21. The summed E-state index contributed by atoms with van der Waals surface area (Å²) in [4.78, 5) is 11.5. The van der Waals surface area contributed by atoms with Crippen LogP contribution in [-0.2, 0) is 11.3 Å². The lowest BCUT2D eigenvalue weighted by Crippen LogP contribution is -2.40. The summed E-state index contributed by atoms with van der Waals surface area (Å²) in [6, 6.07) is -0.189. The number of hydrogen-bond donors (Lipinski definition) is 2. The van der Waals surface area contributed by atoms with Gasteiger partial charge >= 0.3 is 0 Å². The summed E-state index contributed by atoms with van der Waals surface area (Å²) < 4.78 is 5.00. The number of aryl methyl sites for hydroxylation is 2. The van der Waals surface area contributed by atoms with Crippen molar-refractivity contribution in [1.29, 1.82) is 0 Å². The van der Waals surface area contributed by atoms with Gasteiger partial charge in [-0.25, -0.2) is 0 Å². The molecule has 1 unspecified atom stereocenters.